The molecule has 0 aliphatic heterocycles. The molecule has 0 radical (unpaired) electrons. The quantitative estimate of drug-likeness (QED) is 0.770. The second-order valence-corrected chi connectivity index (χ2v) is 4.58. The second-order valence-electron chi connectivity index (χ2n) is 4.58. The molecule has 3 aromatic heterocycles. The highest BCUT2D eigenvalue weighted by molar-refractivity contribution is 6.03. The Balaban J connectivity index is 1.88. The first-order chi connectivity index (χ1) is 9.61. The highest BCUT2D eigenvalue weighted by Crippen LogP contribution is 2.11. The first-order valence-corrected chi connectivity index (χ1v) is 6.19. The Hall–Kier alpha value is -2.76. The summed E-state index contributed by atoms with van der Waals surface area (Å²) in [7, 11) is 0. The Kier molecular flexibility index (Phi) is 2.90. The number of rotatable bonds is 2. The SMILES string of the molecule is Cc1cc(C)nc(NC(=O)c2cc3ncccn3n2)c1. The van der Waals surface area contributed by atoms with Crippen molar-refractivity contribution in [3.63, 3.8) is 0 Å². The second kappa shape index (κ2) is 4.73. The number of aryl methyl sites for hydroxylation is 2. The van der Waals surface area contributed by atoms with Gasteiger partial charge in [-0.3, -0.25) is 4.79 Å². The number of carbonyl (C=O) groups is 1. The van der Waals surface area contributed by atoms with Gasteiger partial charge in [-0.2, -0.15) is 5.10 Å². The number of fused-ring (bicyclic) bond motifs is 1. The van der Waals surface area contributed by atoms with Gasteiger partial charge in [0.2, 0.25) is 0 Å². The maximum absolute atomic E-state index is 12.2. The minimum Gasteiger partial charge on any atom is -0.305 e. The van der Waals surface area contributed by atoms with E-state index in [1.54, 1.807) is 29.0 Å². The molecule has 3 rings (SSSR count). The van der Waals surface area contributed by atoms with E-state index in [0.29, 0.717) is 17.2 Å². The standard InChI is InChI=1S/C14H13N5O/c1-9-6-10(2)16-12(7-9)17-14(20)11-8-13-15-4-3-5-19(13)18-11/h3-8H,1-2H3,(H,16,17,20). The zero-order valence-electron chi connectivity index (χ0n) is 11.2. The fourth-order valence-electron chi connectivity index (χ4n) is 2.03. The van der Waals surface area contributed by atoms with Crippen LogP contribution in [0.25, 0.3) is 5.65 Å². The average Bonchev–Trinajstić information content (AvgIpc) is 2.81. The normalized spacial score (nSPS) is 10.7. The van der Waals surface area contributed by atoms with Gasteiger partial charge in [-0.1, -0.05) is 0 Å². The van der Waals surface area contributed by atoms with Gasteiger partial charge in [-0.15, -0.1) is 0 Å². The first-order valence-electron chi connectivity index (χ1n) is 6.19. The van der Waals surface area contributed by atoms with Gasteiger partial charge in [-0.25, -0.2) is 14.5 Å². The van der Waals surface area contributed by atoms with Crippen LogP contribution in [-0.4, -0.2) is 25.5 Å². The minimum atomic E-state index is -0.298. The Morgan fingerprint density at radius 3 is 2.85 bits per heavy atom. The topological polar surface area (TPSA) is 72.2 Å². The molecule has 0 aliphatic carbocycles. The molecule has 0 fully saturated rings. The summed E-state index contributed by atoms with van der Waals surface area (Å²) in [5, 5.41) is 6.92. The lowest BCUT2D eigenvalue weighted by molar-refractivity contribution is 0.102. The van der Waals surface area contributed by atoms with E-state index in [-0.39, 0.29) is 5.91 Å². The number of nitrogens with one attached hydrogen (secondary N) is 1. The van der Waals surface area contributed by atoms with Crippen LogP contribution in [0.2, 0.25) is 0 Å². The number of carbonyl (C=O) groups excluding carboxylic acids is 1. The first kappa shape index (κ1) is 12.3. The Bertz CT molecular complexity index is 740. The fourth-order valence-corrected chi connectivity index (χ4v) is 2.03. The number of aromatic nitrogens is 4. The summed E-state index contributed by atoms with van der Waals surface area (Å²) in [5.41, 5.74) is 2.84. The largest absolute Gasteiger partial charge is 0.305 e. The van der Waals surface area contributed by atoms with Crippen LogP contribution in [0.3, 0.4) is 0 Å². The molecule has 6 heteroatoms. The average molecular weight is 267 g/mol. The monoisotopic (exact) mass is 267 g/mol. The molecule has 100 valence electrons. The number of nitrogens with zero attached hydrogens (tertiary/aromatic N) is 4. The minimum absolute atomic E-state index is 0.298. The van der Waals surface area contributed by atoms with Crippen molar-refractivity contribution in [3.8, 4) is 0 Å². The molecule has 6 nitrogen and oxygen atoms in total. The lowest BCUT2D eigenvalue weighted by atomic mass is 10.2. The number of pyridine rings is 1. The molecule has 20 heavy (non-hydrogen) atoms. The molecule has 0 atom stereocenters. The van der Waals surface area contributed by atoms with Crippen LogP contribution in [0.1, 0.15) is 21.7 Å². The molecule has 0 unspecified atom stereocenters. The molecule has 3 aromatic rings. The van der Waals surface area contributed by atoms with E-state index in [1.807, 2.05) is 26.0 Å². The molecule has 0 spiro atoms. The lowest BCUT2D eigenvalue weighted by Gasteiger charge is -2.04. The highest BCUT2D eigenvalue weighted by Gasteiger charge is 2.12. The maximum atomic E-state index is 12.2. The molecule has 3 heterocycles. The summed E-state index contributed by atoms with van der Waals surface area (Å²) < 4.78 is 1.56. The summed E-state index contributed by atoms with van der Waals surface area (Å²) in [6, 6.07) is 7.16. The van der Waals surface area contributed by atoms with Crippen molar-refractivity contribution in [1.29, 1.82) is 0 Å². The van der Waals surface area contributed by atoms with Crippen LogP contribution >= 0.6 is 0 Å². The van der Waals surface area contributed by atoms with Crippen molar-refractivity contribution >= 4 is 17.4 Å². The van der Waals surface area contributed by atoms with Crippen LogP contribution in [0.4, 0.5) is 5.82 Å². The Labute approximate surface area is 115 Å². The van der Waals surface area contributed by atoms with E-state index < -0.39 is 0 Å². The molecule has 0 saturated heterocycles. The number of hydrogen-bond donors (Lipinski definition) is 1. The predicted molar refractivity (Wildman–Crippen MR) is 74.7 cm³/mol. The van der Waals surface area contributed by atoms with Gasteiger partial charge in [0.05, 0.1) is 0 Å². The number of anilines is 1. The van der Waals surface area contributed by atoms with E-state index in [0.717, 1.165) is 11.3 Å². The third-order valence-electron chi connectivity index (χ3n) is 2.81. The van der Waals surface area contributed by atoms with Crippen molar-refractivity contribution in [1.82, 2.24) is 19.6 Å². The third-order valence-corrected chi connectivity index (χ3v) is 2.81. The van der Waals surface area contributed by atoms with E-state index in [2.05, 4.69) is 20.4 Å². The van der Waals surface area contributed by atoms with Gasteiger partial charge in [0.25, 0.3) is 5.91 Å². The fraction of sp³-hybridized carbons (Fsp3) is 0.143. The summed E-state index contributed by atoms with van der Waals surface area (Å²) in [6.45, 7) is 3.84. The molecule has 0 aromatic carbocycles. The van der Waals surface area contributed by atoms with Gasteiger partial charge in [0.15, 0.2) is 11.3 Å². The van der Waals surface area contributed by atoms with E-state index in [1.165, 1.54) is 0 Å². The van der Waals surface area contributed by atoms with Gasteiger partial charge in [-0.05, 0) is 37.6 Å². The van der Waals surface area contributed by atoms with Gasteiger partial charge in [0, 0.05) is 24.2 Å². The van der Waals surface area contributed by atoms with Gasteiger partial charge in [0.1, 0.15) is 5.82 Å². The molecule has 0 saturated carbocycles. The molecular weight excluding hydrogens is 254 g/mol. The van der Waals surface area contributed by atoms with Crippen molar-refractivity contribution in [2.45, 2.75) is 13.8 Å². The van der Waals surface area contributed by atoms with Gasteiger partial charge >= 0.3 is 0 Å². The highest BCUT2D eigenvalue weighted by atomic mass is 16.2. The Morgan fingerprint density at radius 1 is 1.25 bits per heavy atom. The molecule has 0 bridgehead atoms. The maximum Gasteiger partial charge on any atom is 0.277 e. The molecule has 1 N–H and O–H groups in total. The number of hydrogen-bond acceptors (Lipinski definition) is 4. The zero-order valence-corrected chi connectivity index (χ0v) is 11.2. The molecule has 1 amide bonds. The van der Waals surface area contributed by atoms with E-state index in [9.17, 15) is 4.79 Å². The summed E-state index contributed by atoms with van der Waals surface area (Å²) >= 11 is 0. The van der Waals surface area contributed by atoms with Gasteiger partial charge < -0.3 is 5.32 Å². The lowest BCUT2D eigenvalue weighted by Crippen LogP contribution is -2.14. The van der Waals surface area contributed by atoms with Crippen molar-refractivity contribution in [2.24, 2.45) is 0 Å². The van der Waals surface area contributed by atoms with Crippen LogP contribution in [-0.2, 0) is 0 Å². The predicted octanol–water partition coefficient (Wildman–Crippen LogP) is 1.99. The third kappa shape index (κ3) is 2.35. The molecular formula is C14H13N5O. The Morgan fingerprint density at radius 2 is 2.10 bits per heavy atom. The van der Waals surface area contributed by atoms with Crippen LogP contribution in [0, 0.1) is 13.8 Å². The molecule has 0 aliphatic rings. The summed E-state index contributed by atoms with van der Waals surface area (Å²) in [6.07, 6.45) is 3.40. The summed E-state index contributed by atoms with van der Waals surface area (Å²) in [4.78, 5) is 20.5. The van der Waals surface area contributed by atoms with E-state index >= 15 is 0 Å². The smallest absolute Gasteiger partial charge is 0.277 e. The van der Waals surface area contributed by atoms with Crippen molar-refractivity contribution < 1.29 is 4.79 Å². The van der Waals surface area contributed by atoms with Crippen LogP contribution in [0.15, 0.2) is 36.7 Å². The van der Waals surface area contributed by atoms with Crippen molar-refractivity contribution in [2.75, 3.05) is 5.32 Å². The van der Waals surface area contributed by atoms with Crippen molar-refractivity contribution in [3.05, 3.63) is 53.6 Å². The van der Waals surface area contributed by atoms with Crippen LogP contribution in [0.5, 0.6) is 0 Å². The van der Waals surface area contributed by atoms with Crippen LogP contribution < -0.4 is 5.32 Å². The zero-order chi connectivity index (χ0) is 14.1. The van der Waals surface area contributed by atoms with E-state index in [4.69, 9.17) is 0 Å². The number of amides is 1. The summed E-state index contributed by atoms with van der Waals surface area (Å²) in [5.74, 6) is 0.227.